The van der Waals surface area contributed by atoms with Gasteiger partial charge in [0.05, 0.1) is 12.5 Å². The van der Waals surface area contributed by atoms with E-state index in [1.165, 1.54) is 0 Å². The zero-order valence-corrected chi connectivity index (χ0v) is 8.41. The molecule has 0 amide bonds. The molecule has 0 aromatic carbocycles. The van der Waals surface area contributed by atoms with Gasteiger partial charge in [0.1, 0.15) is 6.67 Å². The lowest BCUT2D eigenvalue weighted by atomic mass is 10.2. The van der Waals surface area contributed by atoms with Crippen LogP contribution in [0, 0.1) is 17.8 Å². The van der Waals surface area contributed by atoms with Gasteiger partial charge in [-0.05, 0) is 18.8 Å². The monoisotopic (exact) mass is 201 g/mol. The first-order valence-corrected chi connectivity index (χ1v) is 5.23. The van der Waals surface area contributed by atoms with E-state index in [1.807, 2.05) is 6.92 Å². The maximum atomic E-state index is 12.0. The number of hydrogen-bond acceptors (Lipinski definition) is 3. The van der Waals surface area contributed by atoms with E-state index in [9.17, 15) is 9.18 Å². The van der Waals surface area contributed by atoms with Crippen LogP contribution in [0.3, 0.4) is 0 Å². The van der Waals surface area contributed by atoms with Crippen molar-refractivity contribution in [3.05, 3.63) is 0 Å². The molecule has 1 aliphatic carbocycles. The highest BCUT2D eigenvalue weighted by atomic mass is 19.1. The first-order valence-electron chi connectivity index (χ1n) is 5.23. The number of hydrogen-bond donors (Lipinski definition) is 0. The largest absolute Gasteiger partial charge is 0.466 e. The van der Waals surface area contributed by atoms with Gasteiger partial charge in [0.15, 0.2) is 0 Å². The standard InChI is InChI=1S/C10H16FNO2/c1-2-14-10(13)9-7-5-12(4-3-11)6-8(7)9/h7-9H,2-6H2,1H3. The van der Waals surface area contributed by atoms with Crippen molar-refractivity contribution in [3.63, 3.8) is 0 Å². The summed E-state index contributed by atoms with van der Waals surface area (Å²) >= 11 is 0. The number of alkyl halides is 1. The molecular formula is C10H16FNO2. The molecule has 1 aliphatic heterocycles. The normalized spacial score (nSPS) is 35.4. The number of fused-ring (bicyclic) bond motifs is 1. The molecular weight excluding hydrogens is 185 g/mol. The van der Waals surface area contributed by atoms with Crippen LogP contribution in [0.5, 0.6) is 0 Å². The van der Waals surface area contributed by atoms with Crippen molar-refractivity contribution in [3.8, 4) is 0 Å². The van der Waals surface area contributed by atoms with Gasteiger partial charge in [-0.1, -0.05) is 0 Å². The van der Waals surface area contributed by atoms with Crippen LogP contribution in [-0.2, 0) is 9.53 Å². The van der Waals surface area contributed by atoms with E-state index in [1.54, 1.807) is 0 Å². The zero-order valence-electron chi connectivity index (χ0n) is 8.41. The second-order valence-corrected chi connectivity index (χ2v) is 4.05. The predicted molar refractivity (Wildman–Crippen MR) is 49.5 cm³/mol. The molecule has 0 aromatic rings. The van der Waals surface area contributed by atoms with Gasteiger partial charge in [-0.15, -0.1) is 0 Å². The molecule has 1 saturated heterocycles. The molecule has 3 nitrogen and oxygen atoms in total. The smallest absolute Gasteiger partial charge is 0.309 e. The van der Waals surface area contributed by atoms with Crippen molar-refractivity contribution in [2.45, 2.75) is 6.92 Å². The van der Waals surface area contributed by atoms with Gasteiger partial charge in [-0.2, -0.15) is 0 Å². The summed E-state index contributed by atoms with van der Waals surface area (Å²) in [5.74, 6) is 0.953. The summed E-state index contributed by atoms with van der Waals surface area (Å²) in [5, 5.41) is 0. The Bertz CT molecular complexity index is 222. The molecule has 0 bridgehead atoms. The number of carbonyl (C=O) groups is 1. The lowest BCUT2D eigenvalue weighted by molar-refractivity contribution is -0.145. The number of ether oxygens (including phenoxy) is 1. The van der Waals surface area contributed by atoms with E-state index >= 15 is 0 Å². The molecule has 2 atom stereocenters. The lowest BCUT2D eigenvalue weighted by Crippen LogP contribution is -2.28. The Morgan fingerprint density at radius 2 is 2.14 bits per heavy atom. The molecule has 2 rings (SSSR count). The molecule has 2 aliphatic rings. The molecule has 1 saturated carbocycles. The maximum Gasteiger partial charge on any atom is 0.309 e. The second kappa shape index (κ2) is 3.85. The Morgan fingerprint density at radius 3 is 2.64 bits per heavy atom. The number of rotatable bonds is 4. The summed E-state index contributed by atoms with van der Waals surface area (Å²) < 4.78 is 17.0. The summed E-state index contributed by atoms with van der Waals surface area (Å²) in [6.07, 6.45) is 0. The first kappa shape index (κ1) is 9.90. The minimum Gasteiger partial charge on any atom is -0.466 e. The number of piperidine rings is 1. The van der Waals surface area contributed by atoms with Crippen molar-refractivity contribution >= 4 is 5.97 Å². The van der Waals surface area contributed by atoms with Crippen LogP contribution in [0.1, 0.15) is 6.92 Å². The van der Waals surface area contributed by atoms with Crippen LogP contribution in [0.25, 0.3) is 0 Å². The second-order valence-electron chi connectivity index (χ2n) is 4.05. The van der Waals surface area contributed by atoms with Crippen LogP contribution >= 0.6 is 0 Å². The number of likely N-dealkylation sites (tertiary alicyclic amines) is 1. The SMILES string of the molecule is CCOC(=O)C1C2CN(CCF)CC21. The Morgan fingerprint density at radius 1 is 1.50 bits per heavy atom. The number of nitrogens with zero attached hydrogens (tertiary/aromatic N) is 1. The molecule has 4 heteroatoms. The van der Waals surface area contributed by atoms with Gasteiger partial charge in [0.2, 0.25) is 0 Å². The van der Waals surface area contributed by atoms with E-state index in [0.29, 0.717) is 25.0 Å². The molecule has 0 radical (unpaired) electrons. The van der Waals surface area contributed by atoms with Gasteiger partial charge >= 0.3 is 5.97 Å². The minimum absolute atomic E-state index is 0.0533. The molecule has 2 fully saturated rings. The highest BCUT2D eigenvalue weighted by molar-refractivity contribution is 5.77. The van der Waals surface area contributed by atoms with Gasteiger partial charge < -0.3 is 9.64 Å². The average Bonchev–Trinajstić information content (AvgIpc) is 2.65. The van der Waals surface area contributed by atoms with Gasteiger partial charge in [-0.3, -0.25) is 4.79 Å². The van der Waals surface area contributed by atoms with Gasteiger partial charge in [-0.25, -0.2) is 4.39 Å². The minimum atomic E-state index is -0.288. The fourth-order valence-electron chi connectivity index (χ4n) is 2.50. The van der Waals surface area contributed by atoms with Crippen molar-refractivity contribution in [2.75, 3.05) is 32.9 Å². The quantitative estimate of drug-likeness (QED) is 0.627. The Labute approximate surface area is 83.2 Å². The summed E-state index contributed by atoms with van der Waals surface area (Å²) in [7, 11) is 0. The van der Waals surface area contributed by atoms with Gasteiger partial charge in [0.25, 0.3) is 0 Å². The third-order valence-corrected chi connectivity index (χ3v) is 3.23. The van der Waals surface area contributed by atoms with E-state index in [0.717, 1.165) is 13.1 Å². The molecule has 14 heavy (non-hydrogen) atoms. The van der Waals surface area contributed by atoms with Crippen LogP contribution in [0.4, 0.5) is 4.39 Å². The maximum absolute atomic E-state index is 12.0. The predicted octanol–water partition coefficient (Wildman–Crippen LogP) is 0.697. The molecule has 80 valence electrons. The summed E-state index contributed by atoms with van der Waals surface area (Å²) in [5.41, 5.74) is 0. The lowest BCUT2D eigenvalue weighted by Gasteiger charge is -2.16. The Balaban J connectivity index is 1.76. The highest BCUT2D eigenvalue weighted by Gasteiger charge is 2.59. The Kier molecular flexibility index (Phi) is 2.72. The zero-order chi connectivity index (χ0) is 10.1. The van der Waals surface area contributed by atoms with Crippen LogP contribution in [-0.4, -0.2) is 43.8 Å². The summed E-state index contributed by atoms with van der Waals surface area (Å²) in [4.78, 5) is 13.5. The highest BCUT2D eigenvalue weighted by Crippen LogP contribution is 2.52. The molecule has 0 N–H and O–H groups in total. The number of esters is 1. The molecule has 2 unspecified atom stereocenters. The third-order valence-electron chi connectivity index (χ3n) is 3.23. The van der Waals surface area contributed by atoms with Crippen molar-refractivity contribution in [2.24, 2.45) is 17.8 Å². The number of halogens is 1. The van der Waals surface area contributed by atoms with Crippen LogP contribution in [0.15, 0.2) is 0 Å². The fourth-order valence-corrected chi connectivity index (χ4v) is 2.50. The van der Waals surface area contributed by atoms with E-state index in [2.05, 4.69) is 4.90 Å². The number of carbonyl (C=O) groups excluding carboxylic acids is 1. The Hall–Kier alpha value is -0.640. The average molecular weight is 201 g/mol. The summed E-state index contributed by atoms with van der Waals surface area (Å²) in [6, 6.07) is 0. The van der Waals surface area contributed by atoms with E-state index in [4.69, 9.17) is 4.74 Å². The van der Waals surface area contributed by atoms with Crippen LogP contribution in [0.2, 0.25) is 0 Å². The molecule has 0 aromatic heterocycles. The van der Waals surface area contributed by atoms with Crippen LogP contribution < -0.4 is 0 Å². The third kappa shape index (κ3) is 1.63. The molecule has 1 heterocycles. The van der Waals surface area contributed by atoms with Crippen molar-refractivity contribution in [1.29, 1.82) is 0 Å². The van der Waals surface area contributed by atoms with E-state index < -0.39 is 0 Å². The van der Waals surface area contributed by atoms with Crippen molar-refractivity contribution < 1.29 is 13.9 Å². The fraction of sp³-hybridized carbons (Fsp3) is 0.900. The van der Waals surface area contributed by atoms with Crippen molar-refractivity contribution in [1.82, 2.24) is 4.90 Å². The van der Waals surface area contributed by atoms with E-state index in [-0.39, 0.29) is 18.6 Å². The van der Waals surface area contributed by atoms with Gasteiger partial charge in [0, 0.05) is 19.6 Å². The first-order chi connectivity index (χ1) is 6.77. The topological polar surface area (TPSA) is 29.5 Å². The molecule has 0 spiro atoms. The summed E-state index contributed by atoms with van der Waals surface area (Å²) in [6.45, 7) is 4.26.